The van der Waals surface area contributed by atoms with Crippen LogP contribution in [0.25, 0.3) is 0 Å². The summed E-state index contributed by atoms with van der Waals surface area (Å²) in [5.41, 5.74) is 2.58. The van der Waals surface area contributed by atoms with Crippen LogP contribution in [0.1, 0.15) is 17.0 Å². The number of halogens is 1. The van der Waals surface area contributed by atoms with Gasteiger partial charge in [-0.15, -0.1) is 0 Å². The molecule has 0 aliphatic carbocycles. The second-order valence-electron chi connectivity index (χ2n) is 4.96. The molecule has 0 spiro atoms. The molecule has 3 heteroatoms. The van der Waals surface area contributed by atoms with Crippen molar-refractivity contribution in [1.82, 2.24) is 0 Å². The number of nitrogens with zero attached hydrogens (tertiary/aromatic N) is 2. The lowest BCUT2D eigenvalue weighted by atomic mass is 9.93. The molecule has 0 aromatic heterocycles. The lowest BCUT2D eigenvalue weighted by Crippen LogP contribution is -2.09. The highest BCUT2D eigenvalue weighted by molar-refractivity contribution is 5.47. The summed E-state index contributed by atoms with van der Waals surface area (Å²) in [4.78, 5) is 2.00. The summed E-state index contributed by atoms with van der Waals surface area (Å²) in [6.07, 6.45) is 0.393. The Hall–Kier alpha value is -2.34. The summed E-state index contributed by atoms with van der Waals surface area (Å²) in [6, 6.07) is 16.7. The molecule has 0 saturated carbocycles. The third kappa shape index (κ3) is 3.16. The Bertz CT molecular complexity index is 612. The summed E-state index contributed by atoms with van der Waals surface area (Å²) >= 11 is 0. The van der Waals surface area contributed by atoms with E-state index in [0.29, 0.717) is 12.0 Å². The molecule has 2 nitrogen and oxygen atoms in total. The molecule has 0 saturated heterocycles. The number of anilines is 1. The van der Waals surface area contributed by atoms with E-state index >= 15 is 0 Å². The summed E-state index contributed by atoms with van der Waals surface area (Å²) in [5.74, 6) is -0.583. The van der Waals surface area contributed by atoms with Gasteiger partial charge in [0.2, 0.25) is 0 Å². The quantitative estimate of drug-likeness (QED) is 0.844. The SMILES string of the molecule is CN(C)c1ccc(C(C#N)Cc2ccccc2F)cc1. The molecule has 0 amide bonds. The van der Waals surface area contributed by atoms with Crippen molar-refractivity contribution in [2.24, 2.45) is 0 Å². The van der Waals surface area contributed by atoms with Crippen LogP contribution in [0.5, 0.6) is 0 Å². The average Bonchev–Trinajstić information content (AvgIpc) is 2.46. The van der Waals surface area contributed by atoms with E-state index in [0.717, 1.165) is 11.3 Å². The van der Waals surface area contributed by atoms with E-state index in [1.807, 2.05) is 43.3 Å². The monoisotopic (exact) mass is 268 g/mol. The molecule has 0 aliphatic rings. The zero-order valence-corrected chi connectivity index (χ0v) is 11.7. The first-order valence-corrected chi connectivity index (χ1v) is 6.52. The van der Waals surface area contributed by atoms with Crippen molar-refractivity contribution < 1.29 is 4.39 Å². The highest BCUT2D eigenvalue weighted by atomic mass is 19.1. The lowest BCUT2D eigenvalue weighted by Gasteiger charge is -2.15. The van der Waals surface area contributed by atoms with Crippen LogP contribution < -0.4 is 4.90 Å². The first-order chi connectivity index (χ1) is 9.61. The van der Waals surface area contributed by atoms with Gasteiger partial charge in [0.15, 0.2) is 0 Å². The topological polar surface area (TPSA) is 27.0 Å². The fourth-order valence-corrected chi connectivity index (χ4v) is 2.13. The van der Waals surface area contributed by atoms with Gasteiger partial charge in [0.05, 0.1) is 12.0 Å². The minimum atomic E-state index is -0.330. The zero-order valence-electron chi connectivity index (χ0n) is 11.7. The maximum Gasteiger partial charge on any atom is 0.126 e. The first kappa shape index (κ1) is 14.1. The maximum absolute atomic E-state index is 13.7. The van der Waals surface area contributed by atoms with Gasteiger partial charge in [0.1, 0.15) is 5.82 Å². The summed E-state index contributed by atoms with van der Waals surface area (Å²) in [6.45, 7) is 0. The van der Waals surface area contributed by atoms with Gasteiger partial charge in [-0.25, -0.2) is 4.39 Å². The minimum absolute atomic E-state index is 0.252. The molecule has 0 radical (unpaired) electrons. The first-order valence-electron chi connectivity index (χ1n) is 6.52. The van der Waals surface area contributed by atoms with Gasteiger partial charge in [-0.1, -0.05) is 30.3 Å². The van der Waals surface area contributed by atoms with E-state index in [9.17, 15) is 9.65 Å². The Morgan fingerprint density at radius 3 is 2.30 bits per heavy atom. The molecule has 0 aliphatic heterocycles. The van der Waals surface area contributed by atoms with Gasteiger partial charge in [0, 0.05) is 19.8 Å². The third-order valence-corrected chi connectivity index (χ3v) is 3.35. The van der Waals surface area contributed by atoms with Crippen LogP contribution in [0.2, 0.25) is 0 Å². The van der Waals surface area contributed by atoms with Crippen LogP contribution in [0.3, 0.4) is 0 Å². The molecule has 20 heavy (non-hydrogen) atoms. The molecule has 0 N–H and O–H groups in total. The Morgan fingerprint density at radius 1 is 1.10 bits per heavy atom. The molecule has 0 bridgehead atoms. The molecule has 2 aromatic carbocycles. The molecule has 0 heterocycles. The number of benzene rings is 2. The van der Waals surface area contributed by atoms with Crippen LogP contribution in [0.15, 0.2) is 48.5 Å². The van der Waals surface area contributed by atoms with Gasteiger partial charge >= 0.3 is 0 Å². The van der Waals surface area contributed by atoms with Crippen molar-refractivity contribution in [3.05, 3.63) is 65.5 Å². The van der Waals surface area contributed by atoms with Crippen LogP contribution in [0.4, 0.5) is 10.1 Å². The van der Waals surface area contributed by atoms with Crippen LogP contribution in [0, 0.1) is 17.1 Å². The van der Waals surface area contributed by atoms with Gasteiger partial charge in [-0.2, -0.15) is 5.26 Å². The van der Waals surface area contributed by atoms with E-state index in [1.54, 1.807) is 18.2 Å². The van der Waals surface area contributed by atoms with Crippen molar-refractivity contribution in [3.8, 4) is 6.07 Å². The van der Waals surface area contributed by atoms with Crippen LogP contribution in [-0.4, -0.2) is 14.1 Å². The van der Waals surface area contributed by atoms with Crippen LogP contribution >= 0.6 is 0 Å². The smallest absolute Gasteiger partial charge is 0.126 e. The Kier molecular flexibility index (Phi) is 4.37. The number of hydrogen-bond donors (Lipinski definition) is 0. The van der Waals surface area contributed by atoms with E-state index in [2.05, 4.69) is 6.07 Å². The summed E-state index contributed by atoms with van der Waals surface area (Å²) in [5, 5.41) is 9.33. The molecule has 102 valence electrons. The van der Waals surface area contributed by atoms with Gasteiger partial charge in [-0.05, 0) is 35.7 Å². The molecule has 1 atom stereocenters. The van der Waals surface area contributed by atoms with E-state index in [-0.39, 0.29) is 11.7 Å². The summed E-state index contributed by atoms with van der Waals surface area (Å²) in [7, 11) is 3.94. The number of hydrogen-bond acceptors (Lipinski definition) is 2. The Morgan fingerprint density at radius 2 is 1.75 bits per heavy atom. The molecular weight excluding hydrogens is 251 g/mol. The average molecular weight is 268 g/mol. The van der Waals surface area contributed by atoms with E-state index < -0.39 is 0 Å². The fourth-order valence-electron chi connectivity index (χ4n) is 2.13. The van der Waals surface area contributed by atoms with Crippen molar-refractivity contribution >= 4 is 5.69 Å². The predicted octanol–water partition coefficient (Wildman–Crippen LogP) is 3.74. The van der Waals surface area contributed by atoms with Crippen molar-refractivity contribution in [3.63, 3.8) is 0 Å². The molecule has 2 aromatic rings. The van der Waals surface area contributed by atoms with Gasteiger partial charge < -0.3 is 4.90 Å². The second kappa shape index (κ2) is 6.21. The molecule has 1 unspecified atom stereocenters. The van der Waals surface area contributed by atoms with Crippen molar-refractivity contribution in [1.29, 1.82) is 5.26 Å². The van der Waals surface area contributed by atoms with Gasteiger partial charge in [0.25, 0.3) is 0 Å². The Balaban J connectivity index is 2.21. The third-order valence-electron chi connectivity index (χ3n) is 3.35. The normalized spacial score (nSPS) is 11.7. The highest BCUT2D eigenvalue weighted by Gasteiger charge is 2.14. The minimum Gasteiger partial charge on any atom is -0.378 e. The number of nitriles is 1. The second-order valence-corrected chi connectivity index (χ2v) is 4.96. The lowest BCUT2D eigenvalue weighted by molar-refractivity contribution is 0.604. The zero-order chi connectivity index (χ0) is 14.5. The van der Waals surface area contributed by atoms with Crippen molar-refractivity contribution in [2.45, 2.75) is 12.3 Å². The van der Waals surface area contributed by atoms with Gasteiger partial charge in [-0.3, -0.25) is 0 Å². The standard InChI is InChI=1S/C17H17FN2/c1-20(2)16-9-7-13(8-10-16)15(12-19)11-14-5-3-4-6-17(14)18/h3-10,15H,11H2,1-2H3. The van der Waals surface area contributed by atoms with E-state index in [4.69, 9.17) is 0 Å². The predicted molar refractivity (Wildman–Crippen MR) is 79.2 cm³/mol. The summed E-state index contributed by atoms with van der Waals surface area (Å²) < 4.78 is 13.7. The highest BCUT2D eigenvalue weighted by Crippen LogP contribution is 2.23. The fraction of sp³-hybridized carbons (Fsp3) is 0.235. The molecule has 0 fully saturated rings. The molecular formula is C17H17FN2. The molecule has 2 rings (SSSR count). The van der Waals surface area contributed by atoms with Crippen LogP contribution in [-0.2, 0) is 6.42 Å². The van der Waals surface area contributed by atoms with E-state index in [1.165, 1.54) is 6.07 Å². The number of rotatable bonds is 4. The maximum atomic E-state index is 13.7. The van der Waals surface area contributed by atoms with Crippen molar-refractivity contribution in [2.75, 3.05) is 19.0 Å². The Labute approximate surface area is 119 Å². The largest absolute Gasteiger partial charge is 0.378 e.